The molecular weight excluding hydrogens is 273 g/mol. The molecule has 0 radical (unpaired) electrons. The molecule has 2 heterocycles. The Kier molecular flexibility index (Phi) is 4.40. The van der Waals surface area contributed by atoms with Gasteiger partial charge in [-0.2, -0.15) is 5.06 Å². The van der Waals surface area contributed by atoms with Gasteiger partial charge in [0.1, 0.15) is 5.82 Å². The highest BCUT2D eigenvalue weighted by Crippen LogP contribution is 2.34. The van der Waals surface area contributed by atoms with E-state index < -0.39 is 0 Å². The van der Waals surface area contributed by atoms with E-state index in [1.807, 2.05) is 24.1 Å². The van der Waals surface area contributed by atoms with Gasteiger partial charge in [-0.25, -0.2) is 4.39 Å². The smallest absolute Gasteiger partial charge is 0.146 e. The number of hydrogen-bond acceptors (Lipinski definition) is 5. The molecule has 0 amide bonds. The quantitative estimate of drug-likeness (QED) is 0.911. The number of hydroxylamine groups is 2. The van der Waals surface area contributed by atoms with Gasteiger partial charge in [0.25, 0.3) is 0 Å². The molecule has 3 rings (SSSR count). The standard InChI is InChI=1S/C15H22FN3O2/c1-18-15(9-12(10-17)21-18)11-2-3-14(13(16)8-11)19-4-6-20-7-5-19/h2-3,8,12,15H,4-7,9-10,17H2,1H3. The van der Waals surface area contributed by atoms with Crippen LogP contribution in [0.15, 0.2) is 18.2 Å². The molecule has 2 N–H and O–H groups in total. The van der Waals surface area contributed by atoms with Crippen LogP contribution in [0.3, 0.4) is 0 Å². The second-order valence-corrected chi connectivity index (χ2v) is 5.57. The predicted molar refractivity (Wildman–Crippen MR) is 78.5 cm³/mol. The Morgan fingerprint density at radius 3 is 2.71 bits per heavy atom. The summed E-state index contributed by atoms with van der Waals surface area (Å²) < 4.78 is 19.7. The van der Waals surface area contributed by atoms with Crippen molar-refractivity contribution >= 4 is 5.69 Å². The van der Waals surface area contributed by atoms with Gasteiger partial charge in [-0.1, -0.05) is 6.07 Å². The maximum atomic E-state index is 14.4. The number of benzene rings is 1. The van der Waals surface area contributed by atoms with E-state index >= 15 is 0 Å². The number of nitrogens with zero attached hydrogens (tertiary/aromatic N) is 2. The average Bonchev–Trinajstić information content (AvgIpc) is 2.89. The van der Waals surface area contributed by atoms with E-state index in [4.69, 9.17) is 15.3 Å². The minimum absolute atomic E-state index is 0.0157. The molecular formula is C15H22FN3O2. The predicted octanol–water partition coefficient (Wildman–Crippen LogP) is 1.30. The molecule has 2 atom stereocenters. The lowest BCUT2D eigenvalue weighted by Gasteiger charge is -2.29. The third kappa shape index (κ3) is 3.03. The van der Waals surface area contributed by atoms with Gasteiger partial charge in [-0.3, -0.25) is 4.84 Å². The van der Waals surface area contributed by atoms with Crippen LogP contribution in [0.4, 0.5) is 10.1 Å². The Bertz CT molecular complexity index is 494. The van der Waals surface area contributed by atoms with Crippen molar-refractivity contribution in [1.82, 2.24) is 5.06 Å². The topological polar surface area (TPSA) is 51.0 Å². The van der Waals surface area contributed by atoms with Gasteiger partial charge in [0.2, 0.25) is 0 Å². The largest absolute Gasteiger partial charge is 0.378 e. The highest BCUT2D eigenvalue weighted by atomic mass is 19.1. The van der Waals surface area contributed by atoms with Crippen LogP contribution in [-0.4, -0.2) is 51.1 Å². The molecule has 2 unspecified atom stereocenters. The van der Waals surface area contributed by atoms with Crippen molar-refractivity contribution in [2.45, 2.75) is 18.6 Å². The van der Waals surface area contributed by atoms with Gasteiger partial charge >= 0.3 is 0 Å². The van der Waals surface area contributed by atoms with Crippen molar-refractivity contribution < 1.29 is 14.0 Å². The summed E-state index contributed by atoms with van der Waals surface area (Å²) in [5, 5.41) is 1.78. The fraction of sp³-hybridized carbons (Fsp3) is 0.600. The third-order valence-electron chi connectivity index (χ3n) is 4.21. The molecule has 1 aromatic rings. The van der Waals surface area contributed by atoms with E-state index in [2.05, 4.69) is 0 Å². The first-order valence-electron chi connectivity index (χ1n) is 7.41. The first-order chi connectivity index (χ1) is 10.2. The highest BCUT2D eigenvalue weighted by Gasteiger charge is 2.31. The van der Waals surface area contributed by atoms with Crippen LogP contribution in [0.25, 0.3) is 0 Å². The lowest BCUT2D eigenvalue weighted by molar-refractivity contribution is -0.141. The normalized spacial score (nSPS) is 27.3. The number of morpholine rings is 1. The molecule has 0 aromatic heterocycles. The third-order valence-corrected chi connectivity index (χ3v) is 4.21. The molecule has 5 nitrogen and oxygen atoms in total. The van der Waals surface area contributed by atoms with Crippen LogP contribution in [-0.2, 0) is 9.57 Å². The number of halogens is 1. The number of hydrogen-bond donors (Lipinski definition) is 1. The molecule has 6 heteroatoms. The van der Waals surface area contributed by atoms with Gasteiger partial charge in [-0.05, 0) is 24.1 Å². The number of anilines is 1. The van der Waals surface area contributed by atoms with Gasteiger partial charge in [0, 0.05) is 26.7 Å². The number of ether oxygens (including phenoxy) is 1. The van der Waals surface area contributed by atoms with Crippen LogP contribution in [0.5, 0.6) is 0 Å². The molecule has 0 spiro atoms. The fourth-order valence-corrected chi connectivity index (χ4v) is 3.03. The van der Waals surface area contributed by atoms with Gasteiger partial charge < -0.3 is 15.4 Å². The first kappa shape index (κ1) is 14.7. The zero-order valence-electron chi connectivity index (χ0n) is 12.3. The van der Waals surface area contributed by atoms with Crippen molar-refractivity contribution in [2.24, 2.45) is 5.73 Å². The summed E-state index contributed by atoms with van der Waals surface area (Å²) in [6, 6.07) is 5.53. The summed E-state index contributed by atoms with van der Waals surface area (Å²) in [5.41, 5.74) is 7.23. The average molecular weight is 295 g/mol. The molecule has 21 heavy (non-hydrogen) atoms. The summed E-state index contributed by atoms with van der Waals surface area (Å²) in [5.74, 6) is -0.181. The Labute approximate surface area is 124 Å². The molecule has 0 bridgehead atoms. The van der Waals surface area contributed by atoms with E-state index in [0.717, 1.165) is 25.1 Å². The molecule has 0 aliphatic carbocycles. The Morgan fingerprint density at radius 1 is 1.33 bits per heavy atom. The monoisotopic (exact) mass is 295 g/mol. The van der Waals surface area contributed by atoms with E-state index in [1.165, 1.54) is 0 Å². The lowest BCUT2D eigenvalue weighted by Crippen LogP contribution is -2.36. The molecule has 116 valence electrons. The van der Waals surface area contributed by atoms with Gasteiger partial charge in [-0.15, -0.1) is 0 Å². The van der Waals surface area contributed by atoms with Crippen molar-refractivity contribution in [1.29, 1.82) is 0 Å². The maximum Gasteiger partial charge on any atom is 0.146 e. The Morgan fingerprint density at radius 2 is 2.10 bits per heavy atom. The van der Waals surface area contributed by atoms with Crippen molar-refractivity contribution in [3.05, 3.63) is 29.6 Å². The van der Waals surface area contributed by atoms with E-state index in [-0.39, 0.29) is 18.0 Å². The minimum Gasteiger partial charge on any atom is -0.378 e. The molecule has 0 saturated carbocycles. The fourth-order valence-electron chi connectivity index (χ4n) is 3.03. The van der Waals surface area contributed by atoms with Crippen molar-refractivity contribution in [2.75, 3.05) is 44.8 Å². The van der Waals surface area contributed by atoms with Crippen LogP contribution in [0.1, 0.15) is 18.0 Å². The number of nitrogens with two attached hydrogens (primary N) is 1. The molecule has 1 aromatic carbocycles. The summed E-state index contributed by atoms with van der Waals surface area (Å²) in [7, 11) is 1.87. The summed E-state index contributed by atoms with van der Waals surface area (Å²) >= 11 is 0. The van der Waals surface area contributed by atoms with E-state index in [1.54, 1.807) is 11.1 Å². The van der Waals surface area contributed by atoms with Crippen LogP contribution < -0.4 is 10.6 Å². The molecule has 2 saturated heterocycles. The number of rotatable bonds is 3. The molecule has 2 aliphatic heterocycles. The zero-order valence-corrected chi connectivity index (χ0v) is 12.3. The van der Waals surface area contributed by atoms with Crippen LogP contribution in [0.2, 0.25) is 0 Å². The van der Waals surface area contributed by atoms with Crippen molar-refractivity contribution in [3.8, 4) is 0 Å². The molecule has 2 fully saturated rings. The minimum atomic E-state index is -0.181. The summed E-state index contributed by atoms with van der Waals surface area (Å²) in [4.78, 5) is 7.65. The maximum absolute atomic E-state index is 14.4. The van der Waals surface area contributed by atoms with Crippen molar-refractivity contribution in [3.63, 3.8) is 0 Å². The zero-order chi connectivity index (χ0) is 14.8. The Balaban J connectivity index is 1.77. The highest BCUT2D eigenvalue weighted by molar-refractivity contribution is 5.50. The van der Waals surface area contributed by atoms with Gasteiger partial charge in [0.15, 0.2) is 0 Å². The van der Waals surface area contributed by atoms with Gasteiger partial charge in [0.05, 0.1) is 31.0 Å². The van der Waals surface area contributed by atoms with Crippen LogP contribution in [0, 0.1) is 5.82 Å². The summed E-state index contributed by atoms with van der Waals surface area (Å²) in [6.07, 6.45) is 0.811. The molecule has 2 aliphatic rings. The van der Waals surface area contributed by atoms with Crippen LogP contribution >= 0.6 is 0 Å². The Hall–Kier alpha value is -1.21. The lowest BCUT2D eigenvalue weighted by atomic mass is 10.0. The SMILES string of the molecule is CN1OC(CN)CC1c1ccc(N2CCOCC2)c(F)c1. The second-order valence-electron chi connectivity index (χ2n) is 5.57. The summed E-state index contributed by atoms with van der Waals surface area (Å²) in [6.45, 7) is 3.25. The first-order valence-corrected chi connectivity index (χ1v) is 7.41. The second kappa shape index (κ2) is 6.27. The van der Waals surface area contributed by atoms with E-state index in [0.29, 0.717) is 25.4 Å². The van der Waals surface area contributed by atoms with E-state index in [9.17, 15) is 4.39 Å².